The maximum Gasteiger partial charge on any atom is 0.335 e. The first kappa shape index (κ1) is 17.0. The number of carboxylic acid groups (broad SMARTS) is 1. The quantitative estimate of drug-likeness (QED) is 0.897. The van der Waals surface area contributed by atoms with Crippen molar-refractivity contribution in [3.63, 3.8) is 0 Å². The van der Waals surface area contributed by atoms with Gasteiger partial charge in [-0.25, -0.2) is 17.6 Å². The van der Waals surface area contributed by atoms with Gasteiger partial charge in [-0.15, -0.1) is 0 Å². The third kappa shape index (κ3) is 3.34. The molecular formula is C16H16FNO4S. The van der Waals surface area contributed by atoms with E-state index in [0.29, 0.717) is 16.8 Å². The van der Waals surface area contributed by atoms with E-state index in [1.165, 1.54) is 6.92 Å². The van der Waals surface area contributed by atoms with Crippen molar-refractivity contribution in [1.82, 2.24) is 0 Å². The number of hydrogen-bond acceptors (Lipinski definition) is 3. The second-order valence-corrected chi connectivity index (χ2v) is 6.91. The van der Waals surface area contributed by atoms with Gasteiger partial charge in [-0.1, -0.05) is 18.2 Å². The molecule has 0 fully saturated rings. The van der Waals surface area contributed by atoms with Gasteiger partial charge in [-0.2, -0.15) is 0 Å². The van der Waals surface area contributed by atoms with Crippen molar-refractivity contribution in [2.24, 2.45) is 0 Å². The molecular weight excluding hydrogens is 321 g/mol. The number of aromatic carboxylic acids is 1. The molecule has 0 aromatic heterocycles. The molecule has 0 saturated heterocycles. The van der Waals surface area contributed by atoms with Crippen LogP contribution in [0, 0.1) is 26.6 Å². The summed E-state index contributed by atoms with van der Waals surface area (Å²) < 4.78 is 41.5. The highest BCUT2D eigenvalue weighted by molar-refractivity contribution is 7.92. The Hall–Kier alpha value is -2.41. The van der Waals surface area contributed by atoms with Gasteiger partial charge in [0.25, 0.3) is 10.0 Å². The Kier molecular flexibility index (Phi) is 4.42. The highest BCUT2D eigenvalue weighted by Gasteiger charge is 2.23. The fourth-order valence-electron chi connectivity index (χ4n) is 2.22. The third-order valence-corrected chi connectivity index (χ3v) is 5.03. The highest BCUT2D eigenvalue weighted by Crippen LogP contribution is 2.26. The smallest absolute Gasteiger partial charge is 0.335 e. The Balaban J connectivity index is 2.59. The molecule has 0 aliphatic rings. The van der Waals surface area contributed by atoms with E-state index in [1.54, 1.807) is 32.0 Å². The van der Waals surface area contributed by atoms with Crippen LogP contribution in [0.3, 0.4) is 0 Å². The monoisotopic (exact) mass is 337 g/mol. The summed E-state index contributed by atoms with van der Waals surface area (Å²) in [5.41, 5.74) is 1.26. The van der Waals surface area contributed by atoms with Crippen LogP contribution in [0.25, 0.3) is 0 Å². The summed E-state index contributed by atoms with van der Waals surface area (Å²) in [6.45, 7) is 4.78. The van der Waals surface area contributed by atoms with Crippen molar-refractivity contribution in [3.05, 3.63) is 58.4 Å². The summed E-state index contributed by atoms with van der Waals surface area (Å²) >= 11 is 0. The summed E-state index contributed by atoms with van der Waals surface area (Å²) in [7, 11) is -4.12. The first-order valence-electron chi connectivity index (χ1n) is 6.76. The number of carbonyl (C=O) groups is 1. The number of rotatable bonds is 4. The molecule has 0 aliphatic heterocycles. The van der Waals surface area contributed by atoms with Crippen LogP contribution in [-0.4, -0.2) is 19.5 Å². The van der Waals surface area contributed by atoms with E-state index >= 15 is 0 Å². The molecule has 0 saturated carbocycles. The molecule has 0 bridgehead atoms. The molecule has 0 aliphatic carbocycles. The molecule has 0 heterocycles. The van der Waals surface area contributed by atoms with E-state index in [4.69, 9.17) is 5.11 Å². The van der Waals surface area contributed by atoms with E-state index in [2.05, 4.69) is 4.72 Å². The summed E-state index contributed by atoms with van der Waals surface area (Å²) in [6, 6.07) is 7.03. The third-order valence-electron chi connectivity index (χ3n) is 3.55. The summed E-state index contributed by atoms with van der Waals surface area (Å²) in [4.78, 5) is 10.6. The minimum absolute atomic E-state index is 0.131. The maximum absolute atomic E-state index is 13.9. The van der Waals surface area contributed by atoms with Crippen LogP contribution >= 0.6 is 0 Å². The van der Waals surface area contributed by atoms with Gasteiger partial charge in [0.15, 0.2) is 0 Å². The number of benzene rings is 2. The lowest BCUT2D eigenvalue weighted by Crippen LogP contribution is -2.17. The van der Waals surface area contributed by atoms with Crippen molar-refractivity contribution in [2.45, 2.75) is 25.7 Å². The number of nitrogens with one attached hydrogen (secondary N) is 1. The second kappa shape index (κ2) is 6.00. The van der Waals surface area contributed by atoms with Gasteiger partial charge in [-0.3, -0.25) is 4.72 Å². The topological polar surface area (TPSA) is 83.5 Å². The number of para-hydroxylation sites is 1. The van der Waals surface area contributed by atoms with Crippen molar-refractivity contribution in [2.75, 3.05) is 4.72 Å². The number of carboxylic acids is 1. The normalized spacial score (nSPS) is 11.3. The molecule has 5 nitrogen and oxygen atoms in total. The van der Waals surface area contributed by atoms with Crippen LogP contribution in [0.15, 0.2) is 35.2 Å². The average molecular weight is 337 g/mol. The molecule has 23 heavy (non-hydrogen) atoms. The van der Waals surface area contributed by atoms with Crippen LogP contribution in [0.1, 0.15) is 27.0 Å². The van der Waals surface area contributed by atoms with Crippen molar-refractivity contribution >= 4 is 21.7 Å². The largest absolute Gasteiger partial charge is 0.478 e. The molecule has 0 radical (unpaired) electrons. The standard InChI is InChI=1S/C16H16FNO4S/c1-9-5-4-6-10(2)15(9)18-23(21,22)14-8-12(16(19)20)7-13(17)11(14)3/h4-8,18H,1-3H3,(H,19,20). The molecule has 0 amide bonds. The first-order valence-corrected chi connectivity index (χ1v) is 8.24. The Bertz CT molecular complexity index is 871. The number of hydrogen-bond donors (Lipinski definition) is 2. The highest BCUT2D eigenvalue weighted by atomic mass is 32.2. The Labute approximate surface area is 133 Å². The van der Waals surface area contributed by atoms with Crippen molar-refractivity contribution in [3.8, 4) is 0 Å². The van der Waals surface area contributed by atoms with Crippen LogP contribution in [0.2, 0.25) is 0 Å². The van der Waals surface area contributed by atoms with Crippen LogP contribution in [0.4, 0.5) is 10.1 Å². The zero-order chi connectivity index (χ0) is 17.4. The first-order chi connectivity index (χ1) is 10.6. The molecule has 2 aromatic rings. The number of halogens is 1. The van der Waals surface area contributed by atoms with Gasteiger partial charge in [0.1, 0.15) is 5.82 Å². The zero-order valence-corrected chi connectivity index (χ0v) is 13.7. The van der Waals surface area contributed by atoms with Crippen LogP contribution in [0.5, 0.6) is 0 Å². The lowest BCUT2D eigenvalue weighted by molar-refractivity contribution is 0.0696. The molecule has 0 spiro atoms. The Morgan fingerprint density at radius 1 is 1.13 bits per heavy atom. The minimum atomic E-state index is -4.12. The van der Waals surface area contributed by atoms with E-state index in [9.17, 15) is 17.6 Å². The maximum atomic E-state index is 13.9. The Morgan fingerprint density at radius 2 is 1.70 bits per heavy atom. The average Bonchev–Trinajstić information content (AvgIpc) is 2.45. The SMILES string of the molecule is Cc1cccc(C)c1NS(=O)(=O)c1cc(C(=O)O)cc(F)c1C. The molecule has 0 unspecified atom stereocenters. The van der Waals surface area contributed by atoms with E-state index in [1.807, 2.05) is 0 Å². The lowest BCUT2D eigenvalue weighted by atomic mass is 10.1. The van der Waals surface area contributed by atoms with E-state index < -0.39 is 32.3 Å². The predicted molar refractivity (Wildman–Crippen MR) is 84.8 cm³/mol. The van der Waals surface area contributed by atoms with Crippen LogP contribution in [-0.2, 0) is 10.0 Å². The molecule has 7 heteroatoms. The predicted octanol–water partition coefficient (Wildman–Crippen LogP) is 3.25. The summed E-state index contributed by atoms with van der Waals surface area (Å²) in [5, 5.41) is 8.99. The van der Waals surface area contributed by atoms with Crippen molar-refractivity contribution in [1.29, 1.82) is 0 Å². The molecule has 2 aromatic carbocycles. The van der Waals surface area contributed by atoms with E-state index in [0.717, 1.165) is 12.1 Å². The summed E-state index contributed by atoms with van der Waals surface area (Å²) in [5.74, 6) is -2.28. The molecule has 122 valence electrons. The zero-order valence-electron chi connectivity index (χ0n) is 12.8. The summed E-state index contributed by atoms with van der Waals surface area (Å²) in [6.07, 6.45) is 0. The fourth-order valence-corrected chi connectivity index (χ4v) is 3.70. The van der Waals surface area contributed by atoms with Gasteiger partial charge >= 0.3 is 5.97 Å². The van der Waals surface area contributed by atoms with Gasteiger partial charge in [-0.05, 0) is 44.0 Å². The second-order valence-electron chi connectivity index (χ2n) is 5.26. The van der Waals surface area contributed by atoms with Gasteiger partial charge in [0.2, 0.25) is 0 Å². The molecule has 2 rings (SSSR count). The fraction of sp³-hybridized carbons (Fsp3) is 0.188. The van der Waals surface area contributed by atoms with Gasteiger partial charge in [0, 0.05) is 5.56 Å². The minimum Gasteiger partial charge on any atom is -0.478 e. The van der Waals surface area contributed by atoms with Crippen molar-refractivity contribution < 1.29 is 22.7 Å². The number of aryl methyl sites for hydroxylation is 2. The number of sulfonamides is 1. The lowest BCUT2D eigenvalue weighted by Gasteiger charge is -2.15. The van der Waals surface area contributed by atoms with Crippen LogP contribution < -0.4 is 4.72 Å². The molecule has 0 atom stereocenters. The number of anilines is 1. The van der Waals surface area contributed by atoms with Gasteiger partial charge in [0.05, 0.1) is 16.1 Å². The van der Waals surface area contributed by atoms with Gasteiger partial charge < -0.3 is 5.11 Å². The van der Waals surface area contributed by atoms with E-state index in [-0.39, 0.29) is 5.56 Å². The molecule has 2 N–H and O–H groups in total. The Morgan fingerprint density at radius 3 is 2.22 bits per heavy atom.